The van der Waals surface area contributed by atoms with Crippen LogP contribution in [-0.2, 0) is 4.79 Å². The molecule has 36 heavy (non-hydrogen) atoms. The second-order valence-electron chi connectivity index (χ2n) is 9.15. The molecule has 186 valence electrons. The van der Waals surface area contributed by atoms with Crippen molar-refractivity contribution in [3.8, 4) is 11.3 Å². The van der Waals surface area contributed by atoms with Crippen LogP contribution in [0.2, 0.25) is 0 Å². The molecule has 3 aromatic rings. The number of hydrogen-bond acceptors (Lipinski definition) is 6. The minimum Gasteiger partial charge on any atom is -0.457 e. The zero-order valence-electron chi connectivity index (χ0n) is 19.7. The lowest BCUT2D eigenvalue weighted by molar-refractivity contribution is -0.384. The van der Waals surface area contributed by atoms with Crippen molar-refractivity contribution in [2.24, 2.45) is 5.92 Å². The van der Waals surface area contributed by atoms with Crippen molar-refractivity contribution in [3.63, 3.8) is 0 Å². The normalized spacial score (nSPS) is 23.3. The molecule has 1 aliphatic carbocycles. The number of para-hydroxylation sites is 1. The van der Waals surface area contributed by atoms with Gasteiger partial charge in [-0.3, -0.25) is 14.9 Å². The van der Waals surface area contributed by atoms with Crippen molar-refractivity contribution >= 4 is 51.0 Å². The van der Waals surface area contributed by atoms with Crippen LogP contribution in [0.25, 0.3) is 17.4 Å². The van der Waals surface area contributed by atoms with Crippen molar-refractivity contribution in [1.29, 1.82) is 0 Å². The Balaban J connectivity index is 1.42. The van der Waals surface area contributed by atoms with E-state index in [9.17, 15) is 14.9 Å². The first-order valence-corrected chi connectivity index (χ1v) is 13.6. The summed E-state index contributed by atoms with van der Waals surface area (Å²) in [6, 6.07) is 18.3. The van der Waals surface area contributed by atoms with E-state index in [4.69, 9.17) is 4.42 Å². The highest BCUT2D eigenvalue weighted by Crippen LogP contribution is 2.42. The highest BCUT2D eigenvalue weighted by atomic mass is 79.9. The highest BCUT2D eigenvalue weighted by Gasteiger charge is 2.43. The Hall–Kier alpha value is -3.04. The fourth-order valence-corrected chi connectivity index (χ4v) is 6.64. The number of halogens is 1. The lowest BCUT2D eigenvalue weighted by Crippen LogP contribution is -2.48. The third-order valence-corrected chi connectivity index (χ3v) is 8.52. The van der Waals surface area contributed by atoms with Gasteiger partial charge in [0, 0.05) is 40.0 Å². The minimum atomic E-state index is -0.436. The average Bonchev–Trinajstić information content (AvgIpc) is 3.44. The van der Waals surface area contributed by atoms with Gasteiger partial charge in [-0.1, -0.05) is 49.7 Å². The Morgan fingerprint density at radius 3 is 2.64 bits per heavy atom. The van der Waals surface area contributed by atoms with Gasteiger partial charge >= 0.3 is 0 Å². The molecule has 1 aliphatic heterocycles. The summed E-state index contributed by atoms with van der Waals surface area (Å²) in [4.78, 5) is 26.9. The molecule has 0 radical (unpaired) electrons. The van der Waals surface area contributed by atoms with E-state index in [-0.39, 0.29) is 23.1 Å². The van der Waals surface area contributed by atoms with Crippen molar-refractivity contribution < 1.29 is 14.1 Å². The van der Waals surface area contributed by atoms with Gasteiger partial charge in [0.25, 0.3) is 11.6 Å². The Morgan fingerprint density at radius 1 is 1.14 bits per heavy atom. The number of rotatable bonds is 6. The molecule has 3 atom stereocenters. The van der Waals surface area contributed by atoms with Crippen LogP contribution in [0.1, 0.15) is 38.4 Å². The van der Waals surface area contributed by atoms with Crippen molar-refractivity contribution in [1.82, 2.24) is 4.90 Å². The maximum atomic E-state index is 13.7. The molecule has 1 amide bonds. The molecule has 9 heteroatoms. The summed E-state index contributed by atoms with van der Waals surface area (Å²) in [5, 5.41) is 14.6. The number of furan rings is 1. The lowest BCUT2D eigenvalue weighted by Gasteiger charge is -2.39. The molecule has 2 fully saturated rings. The Bertz CT molecular complexity index is 1310. The number of hydrogen-bond donors (Lipinski definition) is 1. The maximum absolute atomic E-state index is 13.7. The van der Waals surface area contributed by atoms with Crippen LogP contribution in [0.15, 0.2) is 74.5 Å². The largest absolute Gasteiger partial charge is 0.457 e. The van der Waals surface area contributed by atoms with Gasteiger partial charge in [0.2, 0.25) is 0 Å². The van der Waals surface area contributed by atoms with Gasteiger partial charge in [0.15, 0.2) is 5.50 Å². The van der Waals surface area contributed by atoms with Crippen LogP contribution in [0.3, 0.4) is 0 Å². The van der Waals surface area contributed by atoms with E-state index in [2.05, 4.69) is 28.2 Å². The van der Waals surface area contributed by atoms with E-state index in [1.807, 2.05) is 47.4 Å². The molecule has 1 aromatic heterocycles. The molecule has 1 saturated heterocycles. The Labute approximate surface area is 222 Å². The molecule has 2 aliphatic rings. The van der Waals surface area contributed by atoms with Gasteiger partial charge in [-0.15, -0.1) is 0 Å². The molecular weight excluding hydrogens is 542 g/mol. The number of nitro groups is 1. The zero-order valence-corrected chi connectivity index (χ0v) is 22.1. The van der Waals surface area contributed by atoms with Gasteiger partial charge in [-0.25, -0.2) is 0 Å². The van der Waals surface area contributed by atoms with E-state index < -0.39 is 4.92 Å². The number of anilines is 1. The van der Waals surface area contributed by atoms with E-state index >= 15 is 0 Å². The predicted octanol–water partition coefficient (Wildman–Crippen LogP) is 7.51. The van der Waals surface area contributed by atoms with Crippen molar-refractivity contribution in [2.75, 3.05) is 5.32 Å². The fourth-order valence-electron chi connectivity index (χ4n) is 4.89. The molecule has 0 bridgehead atoms. The summed E-state index contributed by atoms with van der Waals surface area (Å²) in [5.74, 6) is 1.58. The van der Waals surface area contributed by atoms with Gasteiger partial charge in [-0.05, 0) is 65.0 Å². The molecule has 0 spiro atoms. The van der Waals surface area contributed by atoms with E-state index in [0.717, 1.165) is 24.9 Å². The molecule has 1 saturated carbocycles. The van der Waals surface area contributed by atoms with E-state index in [1.54, 1.807) is 12.1 Å². The van der Waals surface area contributed by atoms with E-state index in [1.165, 1.54) is 30.3 Å². The highest BCUT2D eigenvalue weighted by molar-refractivity contribution is 9.10. The van der Waals surface area contributed by atoms with Gasteiger partial charge in [0.05, 0.1) is 9.83 Å². The number of nitrogens with one attached hydrogen (secondary N) is 1. The second-order valence-corrected chi connectivity index (χ2v) is 11.1. The zero-order chi connectivity index (χ0) is 25.2. The monoisotopic (exact) mass is 567 g/mol. The van der Waals surface area contributed by atoms with Gasteiger partial charge < -0.3 is 14.6 Å². The van der Waals surface area contributed by atoms with Crippen LogP contribution in [0.5, 0.6) is 0 Å². The second kappa shape index (κ2) is 10.5. The number of nitro benzene ring substituents is 1. The predicted molar refractivity (Wildman–Crippen MR) is 146 cm³/mol. The lowest BCUT2D eigenvalue weighted by atomic mass is 9.85. The molecule has 5 rings (SSSR count). The summed E-state index contributed by atoms with van der Waals surface area (Å²) in [6.07, 6.45) is 6.27. The van der Waals surface area contributed by atoms with Crippen molar-refractivity contribution in [3.05, 3.63) is 85.9 Å². The number of carbonyl (C=O) groups is 1. The number of nitrogens with zero attached hydrogens (tertiary/aromatic N) is 2. The molecule has 2 aromatic carbocycles. The third kappa shape index (κ3) is 5.08. The fraction of sp³-hybridized carbons (Fsp3) is 0.296. The van der Waals surface area contributed by atoms with Crippen LogP contribution in [0, 0.1) is 16.0 Å². The minimum absolute atomic E-state index is 0.00136. The maximum Gasteiger partial charge on any atom is 0.270 e. The third-order valence-electron chi connectivity index (χ3n) is 6.75. The smallest absolute Gasteiger partial charge is 0.270 e. The number of thioether (sulfide) groups is 1. The summed E-state index contributed by atoms with van der Waals surface area (Å²) < 4.78 is 6.61. The standard InChI is InChI=1S/C27H26BrN3O4S/c1-17-7-5-6-10-23(17)30-26(32)25(36-27(30)29-18-8-3-2-4-9-18)16-20-12-14-24(35-20)21-13-11-19(31(33)34)15-22(21)28/h2-4,8-9,11-17,23,27,29H,5-7,10H2,1H3/b25-16-/t17-,23+,27?/m1/s1. The van der Waals surface area contributed by atoms with Crippen LogP contribution >= 0.6 is 27.7 Å². The summed E-state index contributed by atoms with van der Waals surface area (Å²) in [5.41, 5.74) is 1.48. The first-order valence-electron chi connectivity index (χ1n) is 12.0. The number of carbonyl (C=O) groups excluding carboxylic acids is 1. The molecular formula is C27H26BrN3O4S. The Kier molecular flexibility index (Phi) is 7.20. The number of non-ortho nitro benzene ring substituents is 1. The molecule has 1 unspecified atom stereocenters. The first-order chi connectivity index (χ1) is 17.4. The SMILES string of the molecule is C[C@@H]1CCCC[C@@H]1N1C(=O)/C(=C/c2ccc(-c3ccc([N+](=O)[O-])cc3Br)o2)SC1Nc1ccccc1. The van der Waals surface area contributed by atoms with Crippen molar-refractivity contribution in [2.45, 2.75) is 44.1 Å². The van der Waals surface area contributed by atoms with Crippen LogP contribution in [0.4, 0.5) is 11.4 Å². The number of amides is 1. The van der Waals surface area contributed by atoms with E-state index in [0.29, 0.717) is 32.4 Å². The summed E-state index contributed by atoms with van der Waals surface area (Å²) >= 11 is 4.91. The number of benzene rings is 2. The molecule has 7 nitrogen and oxygen atoms in total. The quantitative estimate of drug-likeness (QED) is 0.188. The Morgan fingerprint density at radius 2 is 1.92 bits per heavy atom. The van der Waals surface area contributed by atoms with Gasteiger partial charge in [0.1, 0.15) is 11.5 Å². The summed E-state index contributed by atoms with van der Waals surface area (Å²) in [7, 11) is 0. The summed E-state index contributed by atoms with van der Waals surface area (Å²) in [6.45, 7) is 2.24. The first kappa shape index (κ1) is 24.6. The average molecular weight is 568 g/mol. The van der Waals surface area contributed by atoms with Gasteiger partial charge in [-0.2, -0.15) is 0 Å². The molecule has 1 N–H and O–H groups in total. The van der Waals surface area contributed by atoms with Crippen LogP contribution < -0.4 is 5.32 Å². The molecule has 2 heterocycles. The topological polar surface area (TPSA) is 88.6 Å². The van der Waals surface area contributed by atoms with Crippen LogP contribution in [-0.4, -0.2) is 27.3 Å².